The van der Waals surface area contributed by atoms with Crippen LogP contribution in [0.4, 0.5) is 18.9 Å². The predicted molar refractivity (Wildman–Crippen MR) is 128 cm³/mol. The fourth-order valence-electron chi connectivity index (χ4n) is 2.99. The van der Waals surface area contributed by atoms with Crippen LogP contribution in [-0.4, -0.2) is 59.0 Å². The summed E-state index contributed by atoms with van der Waals surface area (Å²) in [4.78, 5) is 23.7. The van der Waals surface area contributed by atoms with E-state index in [-0.39, 0.29) is 23.1 Å². The van der Waals surface area contributed by atoms with Crippen LogP contribution in [0.1, 0.15) is 13.3 Å². The highest BCUT2D eigenvalue weighted by Crippen LogP contribution is 2.27. The molecular weight excluding hydrogens is 523 g/mol. The van der Waals surface area contributed by atoms with Crippen LogP contribution in [0, 0.1) is 0 Å². The Balaban J connectivity index is 1.93. The third-order valence-electron chi connectivity index (χ3n) is 4.72. The van der Waals surface area contributed by atoms with Crippen LogP contribution < -0.4 is 9.74 Å². The molecule has 1 aromatic carbocycles. The number of pyridine rings is 1. The summed E-state index contributed by atoms with van der Waals surface area (Å²) in [6.07, 6.45) is -1.73. The topological polar surface area (TPSA) is 107 Å². The molecule has 1 amide bonds. The molecule has 0 fully saturated rings. The maximum Gasteiger partial charge on any atom is 0.390 e. The first-order valence-electron chi connectivity index (χ1n) is 10.5. The van der Waals surface area contributed by atoms with Gasteiger partial charge in [0.05, 0.1) is 30.3 Å². The Morgan fingerprint density at radius 3 is 2.53 bits per heavy atom. The quantitative estimate of drug-likeness (QED) is 0.282. The zero-order valence-electron chi connectivity index (χ0n) is 18.9. The number of carbonyl (C=O) groups is 1. The molecule has 0 radical (unpaired) electrons. The lowest BCUT2D eigenvalue weighted by atomic mass is 10.3. The molecule has 0 aliphatic rings. The number of benzene rings is 1. The third-order valence-corrected chi connectivity index (χ3v) is 6.53. The van der Waals surface area contributed by atoms with Gasteiger partial charge in [-0.15, -0.1) is 0 Å². The van der Waals surface area contributed by atoms with Gasteiger partial charge in [-0.3, -0.25) is 9.78 Å². The van der Waals surface area contributed by atoms with Crippen molar-refractivity contribution in [3.8, 4) is 11.4 Å². The van der Waals surface area contributed by atoms with E-state index in [0.717, 1.165) is 4.90 Å². The molecule has 192 valence electrons. The minimum Gasteiger partial charge on any atom is -0.357 e. The van der Waals surface area contributed by atoms with Gasteiger partial charge in [-0.05, 0) is 31.2 Å². The molecule has 2 heterocycles. The second-order valence-corrected chi connectivity index (χ2v) is 9.95. The van der Waals surface area contributed by atoms with Crippen molar-refractivity contribution >= 4 is 38.7 Å². The Bertz CT molecular complexity index is 1320. The molecule has 0 saturated heterocycles. The number of halogens is 4. The van der Waals surface area contributed by atoms with Crippen LogP contribution in [-0.2, 0) is 14.6 Å². The van der Waals surface area contributed by atoms with E-state index in [4.69, 9.17) is 16.4 Å². The molecule has 0 aliphatic heterocycles. The molecule has 2 aromatic heterocycles. The van der Waals surface area contributed by atoms with Gasteiger partial charge in [-0.1, -0.05) is 35.0 Å². The van der Waals surface area contributed by atoms with Crippen LogP contribution >= 0.6 is 11.6 Å². The van der Waals surface area contributed by atoms with Gasteiger partial charge in [-0.2, -0.15) is 18.3 Å². The third kappa shape index (κ3) is 7.52. The van der Waals surface area contributed by atoms with Crippen molar-refractivity contribution in [2.45, 2.75) is 19.5 Å². The van der Waals surface area contributed by atoms with Gasteiger partial charge in [0.2, 0.25) is 0 Å². The van der Waals surface area contributed by atoms with E-state index in [9.17, 15) is 26.4 Å². The highest BCUT2D eigenvalue weighted by molar-refractivity contribution is 7.92. The number of carbonyl (C=O) groups excluding carboxylic acids is 1. The maximum absolute atomic E-state index is 13.4. The largest absolute Gasteiger partial charge is 0.390 e. The smallest absolute Gasteiger partial charge is 0.357 e. The minimum absolute atomic E-state index is 0.0181. The Hall–Kier alpha value is -3.45. The van der Waals surface area contributed by atoms with Gasteiger partial charge < -0.3 is 9.74 Å². The molecule has 0 aliphatic carbocycles. The molecule has 0 atom stereocenters. The first kappa shape index (κ1) is 27.1. The fraction of sp³-hybridized carbons (Fsp3) is 0.273. The van der Waals surface area contributed by atoms with Gasteiger partial charge in [-0.25, -0.2) is 13.1 Å². The van der Waals surface area contributed by atoms with Crippen molar-refractivity contribution in [1.29, 1.82) is 0 Å². The zero-order chi connectivity index (χ0) is 26.3. The molecule has 3 aromatic rings. The van der Waals surface area contributed by atoms with Crippen LogP contribution in [0.15, 0.2) is 66.2 Å². The van der Waals surface area contributed by atoms with Crippen LogP contribution in [0.5, 0.6) is 5.75 Å². The summed E-state index contributed by atoms with van der Waals surface area (Å²) in [5, 5.41) is 7.78. The highest BCUT2D eigenvalue weighted by Gasteiger charge is 2.33. The maximum atomic E-state index is 13.4. The van der Waals surface area contributed by atoms with E-state index >= 15 is 0 Å². The Kier molecular flexibility index (Phi) is 8.69. The molecule has 3 rings (SSSR count). The number of anilines is 1. The summed E-state index contributed by atoms with van der Waals surface area (Å²) in [6, 6.07) is 11.3. The molecule has 14 heteroatoms. The molecule has 36 heavy (non-hydrogen) atoms. The summed E-state index contributed by atoms with van der Waals surface area (Å²) < 4.78 is 64.1. The van der Waals surface area contributed by atoms with E-state index in [2.05, 4.69) is 15.2 Å². The molecule has 0 spiro atoms. The number of hydrogen-bond donors (Lipinski definition) is 0. The minimum atomic E-state index is -4.68. The molecule has 0 unspecified atom stereocenters. The second kappa shape index (κ2) is 11.5. The summed E-state index contributed by atoms with van der Waals surface area (Å²) in [7, 11) is -4.38. The molecule has 0 bridgehead atoms. The number of sulfone groups is 1. The summed E-state index contributed by atoms with van der Waals surface area (Å²) in [6.45, 7) is 1.62. The van der Waals surface area contributed by atoms with Crippen molar-refractivity contribution < 1.29 is 31.2 Å². The number of aromatic nitrogens is 3. The van der Waals surface area contributed by atoms with Gasteiger partial charge in [0.25, 0.3) is 5.91 Å². The first-order valence-corrected chi connectivity index (χ1v) is 12.7. The van der Waals surface area contributed by atoms with E-state index < -0.39 is 45.6 Å². The van der Waals surface area contributed by atoms with Gasteiger partial charge in [0.15, 0.2) is 26.5 Å². The van der Waals surface area contributed by atoms with Crippen molar-refractivity contribution in [2.24, 2.45) is 5.16 Å². The molecular formula is C22H21ClF3N5O4S. The van der Waals surface area contributed by atoms with Gasteiger partial charge in [0, 0.05) is 12.7 Å². The molecule has 0 saturated carbocycles. The van der Waals surface area contributed by atoms with Crippen LogP contribution in [0.3, 0.4) is 0 Å². The summed E-state index contributed by atoms with van der Waals surface area (Å²) in [5.74, 6) is -3.00. The predicted octanol–water partition coefficient (Wildman–Crippen LogP) is 4.08. The van der Waals surface area contributed by atoms with E-state index in [1.54, 1.807) is 43.5 Å². The van der Waals surface area contributed by atoms with Crippen molar-refractivity contribution in [3.05, 3.63) is 66.2 Å². The normalized spacial score (nSPS) is 12.4. The first-order chi connectivity index (χ1) is 17.0. The zero-order valence-corrected chi connectivity index (χ0v) is 20.5. The molecule has 0 N–H and O–H groups in total. The van der Waals surface area contributed by atoms with Crippen LogP contribution in [0.2, 0.25) is 5.15 Å². The number of alkyl halides is 3. The second-order valence-electron chi connectivity index (χ2n) is 7.41. The monoisotopic (exact) mass is 543 g/mol. The number of nitrogens with zero attached hydrogens (tertiary/aromatic N) is 5. The van der Waals surface area contributed by atoms with E-state index in [1.165, 1.54) is 29.2 Å². The number of amides is 1. The number of rotatable bonds is 10. The van der Waals surface area contributed by atoms with Crippen molar-refractivity contribution in [3.63, 3.8) is 0 Å². The van der Waals surface area contributed by atoms with Crippen molar-refractivity contribution in [1.82, 2.24) is 14.8 Å². The van der Waals surface area contributed by atoms with Gasteiger partial charge in [0.1, 0.15) is 11.4 Å². The Morgan fingerprint density at radius 2 is 1.92 bits per heavy atom. The number of oxime groups is 1. The molecule has 9 nitrogen and oxygen atoms in total. The van der Waals surface area contributed by atoms with Crippen LogP contribution in [0.25, 0.3) is 5.69 Å². The van der Waals surface area contributed by atoms with Gasteiger partial charge >= 0.3 is 6.18 Å². The average molecular weight is 544 g/mol. The summed E-state index contributed by atoms with van der Waals surface area (Å²) >= 11 is 6.26. The van der Waals surface area contributed by atoms with E-state index in [1.807, 2.05) is 0 Å². The SMILES string of the molecule is CCN(C(=O)/C(CS(=O)(=O)CCC(F)(F)F)=N\Oc1ccccc1)c1cn(-c2cccnc2)nc1Cl. The Labute approximate surface area is 210 Å². The lowest BCUT2D eigenvalue weighted by molar-refractivity contribution is -0.129. The standard InChI is InChI=1S/C22H21ClF3N5O4S/c1-2-30(19-14-31(28-20(19)23)16-7-6-11-27-13-16)21(32)18(29-35-17-8-4-3-5-9-17)15-36(33,34)12-10-22(24,25)26/h3-9,11,13-14H,2,10,12,15H2,1H3/b29-18-. The fourth-order valence-corrected chi connectivity index (χ4v) is 4.51. The lowest BCUT2D eigenvalue weighted by Gasteiger charge is -2.20. The number of hydrogen-bond acceptors (Lipinski definition) is 7. The number of para-hydroxylation sites is 1. The van der Waals surface area contributed by atoms with Crippen molar-refractivity contribution in [2.75, 3.05) is 23.0 Å². The highest BCUT2D eigenvalue weighted by atomic mass is 35.5. The van der Waals surface area contributed by atoms with E-state index in [0.29, 0.717) is 5.69 Å². The average Bonchev–Trinajstić information content (AvgIpc) is 3.23. The Morgan fingerprint density at radius 1 is 1.19 bits per heavy atom. The lowest BCUT2D eigenvalue weighted by Crippen LogP contribution is -2.40. The summed E-state index contributed by atoms with van der Waals surface area (Å²) in [5.41, 5.74) is 0.0615.